The number of benzene rings is 2. The number of carbonyl (C=O) groups is 3. The van der Waals surface area contributed by atoms with Gasteiger partial charge in [-0.1, -0.05) is 38.1 Å². The fraction of sp³-hybridized carbons (Fsp3) is 0.318. The SMILES string of the molecule is CC(C)CNC(=O)c1ccccc1NC(=O)[C@@H]1CC(=O)N(c2ccccc2F)C1. The Morgan fingerprint density at radius 1 is 1.14 bits per heavy atom. The molecule has 0 radical (unpaired) electrons. The lowest BCUT2D eigenvalue weighted by Gasteiger charge is -2.18. The van der Waals surface area contributed by atoms with Crippen LogP contribution in [0.4, 0.5) is 15.8 Å². The zero-order valence-corrected chi connectivity index (χ0v) is 16.4. The molecule has 1 aliphatic rings. The van der Waals surface area contributed by atoms with E-state index in [-0.39, 0.29) is 36.4 Å². The molecule has 0 bridgehead atoms. The summed E-state index contributed by atoms with van der Waals surface area (Å²) in [6.07, 6.45) is -0.0120. The molecule has 1 heterocycles. The van der Waals surface area contributed by atoms with Crippen molar-refractivity contribution in [2.24, 2.45) is 11.8 Å². The van der Waals surface area contributed by atoms with Crippen LogP contribution in [0.5, 0.6) is 0 Å². The topological polar surface area (TPSA) is 78.5 Å². The van der Waals surface area contributed by atoms with Crippen LogP contribution >= 0.6 is 0 Å². The summed E-state index contributed by atoms with van der Waals surface area (Å²) in [5.41, 5.74) is 0.911. The van der Waals surface area contributed by atoms with Crippen LogP contribution < -0.4 is 15.5 Å². The fourth-order valence-corrected chi connectivity index (χ4v) is 3.20. The molecule has 2 aromatic rings. The molecule has 0 unspecified atom stereocenters. The lowest BCUT2D eigenvalue weighted by Crippen LogP contribution is -2.30. The summed E-state index contributed by atoms with van der Waals surface area (Å²) in [6.45, 7) is 4.60. The molecule has 3 amide bonds. The Morgan fingerprint density at radius 3 is 2.55 bits per heavy atom. The number of hydrogen-bond donors (Lipinski definition) is 2. The Kier molecular flexibility index (Phi) is 6.26. The number of halogens is 1. The predicted molar refractivity (Wildman–Crippen MR) is 109 cm³/mol. The Bertz CT molecular complexity index is 929. The number of carbonyl (C=O) groups excluding carboxylic acids is 3. The van der Waals surface area contributed by atoms with E-state index in [0.29, 0.717) is 23.7 Å². The third kappa shape index (κ3) is 4.80. The summed E-state index contributed by atoms with van der Waals surface area (Å²) >= 11 is 0. The van der Waals surface area contributed by atoms with Crippen molar-refractivity contribution >= 4 is 29.1 Å². The molecular weight excluding hydrogens is 373 g/mol. The summed E-state index contributed by atoms with van der Waals surface area (Å²) in [6, 6.07) is 12.7. The van der Waals surface area contributed by atoms with Gasteiger partial charge in [-0.3, -0.25) is 14.4 Å². The molecule has 3 rings (SSSR count). The number of nitrogens with zero attached hydrogens (tertiary/aromatic N) is 1. The molecule has 1 saturated heterocycles. The van der Waals surface area contributed by atoms with E-state index in [2.05, 4.69) is 10.6 Å². The normalized spacial score (nSPS) is 16.2. The van der Waals surface area contributed by atoms with Crippen molar-refractivity contribution in [3.63, 3.8) is 0 Å². The van der Waals surface area contributed by atoms with Crippen LogP contribution in [-0.2, 0) is 9.59 Å². The summed E-state index contributed by atoms with van der Waals surface area (Å²) in [7, 11) is 0. The maximum absolute atomic E-state index is 14.0. The number of para-hydroxylation sites is 2. The molecule has 29 heavy (non-hydrogen) atoms. The van der Waals surface area contributed by atoms with Gasteiger partial charge < -0.3 is 15.5 Å². The van der Waals surface area contributed by atoms with Crippen LogP contribution in [-0.4, -0.2) is 30.8 Å². The number of hydrogen-bond acceptors (Lipinski definition) is 3. The monoisotopic (exact) mass is 397 g/mol. The smallest absolute Gasteiger partial charge is 0.253 e. The van der Waals surface area contributed by atoms with Gasteiger partial charge in [-0.2, -0.15) is 0 Å². The van der Waals surface area contributed by atoms with Crippen LogP contribution in [0.3, 0.4) is 0 Å². The summed E-state index contributed by atoms with van der Waals surface area (Å²) in [5.74, 6) is -1.79. The van der Waals surface area contributed by atoms with Gasteiger partial charge in [0.1, 0.15) is 5.82 Å². The Labute approximate surface area is 169 Å². The van der Waals surface area contributed by atoms with E-state index in [0.717, 1.165) is 0 Å². The van der Waals surface area contributed by atoms with Gasteiger partial charge in [0.05, 0.1) is 22.9 Å². The second kappa shape index (κ2) is 8.86. The highest BCUT2D eigenvalue weighted by Crippen LogP contribution is 2.28. The van der Waals surface area contributed by atoms with Crippen LogP contribution in [0, 0.1) is 17.7 Å². The van der Waals surface area contributed by atoms with Gasteiger partial charge in [0.2, 0.25) is 11.8 Å². The molecule has 2 aromatic carbocycles. The summed E-state index contributed by atoms with van der Waals surface area (Å²) in [4.78, 5) is 38.8. The highest BCUT2D eigenvalue weighted by Gasteiger charge is 2.36. The van der Waals surface area contributed by atoms with Crippen LogP contribution in [0.25, 0.3) is 0 Å². The highest BCUT2D eigenvalue weighted by atomic mass is 19.1. The van der Waals surface area contributed by atoms with Gasteiger partial charge in [-0.25, -0.2) is 4.39 Å². The largest absolute Gasteiger partial charge is 0.352 e. The quantitative estimate of drug-likeness (QED) is 0.786. The summed E-state index contributed by atoms with van der Waals surface area (Å²) in [5, 5.41) is 5.58. The molecule has 0 aromatic heterocycles. The van der Waals surface area contributed by atoms with Gasteiger partial charge in [0.15, 0.2) is 0 Å². The van der Waals surface area contributed by atoms with Crippen LogP contribution in [0.1, 0.15) is 30.6 Å². The van der Waals surface area contributed by atoms with E-state index in [9.17, 15) is 18.8 Å². The number of nitrogens with one attached hydrogen (secondary N) is 2. The number of amides is 3. The van der Waals surface area contributed by atoms with E-state index in [1.165, 1.54) is 17.0 Å². The lowest BCUT2D eigenvalue weighted by atomic mass is 10.1. The zero-order valence-electron chi connectivity index (χ0n) is 16.4. The molecule has 7 heteroatoms. The third-order valence-corrected chi connectivity index (χ3v) is 4.74. The van der Waals surface area contributed by atoms with Crippen LogP contribution in [0.15, 0.2) is 48.5 Å². The van der Waals surface area contributed by atoms with Gasteiger partial charge in [0, 0.05) is 19.5 Å². The van der Waals surface area contributed by atoms with E-state index >= 15 is 0 Å². The average molecular weight is 397 g/mol. The number of anilines is 2. The van der Waals surface area contributed by atoms with Crippen molar-refractivity contribution in [2.45, 2.75) is 20.3 Å². The van der Waals surface area contributed by atoms with Gasteiger partial charge in [-0.05, 0) is 30.2 Å². The Balaban J connectivity index is 1.71. The first-order valence-corrected chi connectivity index (χ1v) is 9.59. The minimum Gasteiger partial charge on any atom is -0.352 e. The van der Waals surface area contributed by atoms with Crippen molar-refractivity contribution in [2.75, 3.05) is 23.3 Å². The summed E-state index contributed by atoms with van der Waals surface area (Å²) < 4.78 is 14.0. The second-order valence-electron chi connectivity index (χ2n) is 7.50. The molecule has 152 valence electrons. The zero-order chi connectivity index (χ0) is 21.0. The van der Waals surface area contributed by atoms with Gasteiger partial charge >= 0.3 is 0 Å². The van der Waals surface area contributed by atoms with Gasteiger partial charge in [-0.15, -0.1) is 0 Å². The first kappa shape index (κ1) is 20.5. The average Bonchev–Trinajstić information content (AvgIpc) is 3.08. The second-order valence-corrected chi connectivity index (χ2v) is 7.50. The molecule has 1 atom stereocenters. The maximum Gasteiger partial charge on any atom is 0.253 e. The van der Waals surface area contributed by atoms with Crippen molar-refractivity contribution in [1.29, 1.82) is 0 Å². The molecule has 1 aliphatic heterocycles. The molecular formula is C22H24FN3O3. The van der Waals surface area contributed by atoms with E-state index in [1.54, 1.807) is 36.4 Å². The van der Waals surface area contributed by atoms with Crippen molar-refractivity contribution in [3.05, 3.63) is 59.9 Å². The van der Waals surface area contributed by atoms with E-state index < -0.39 is 11.7 Å². The maximum atomic E-state index is 14.0. The van der Waals surface area contributed by atoms with E-state index in [4.69, 9.17) is 0 Å². The Morgan fingerprint density at radius 2 is 1.83 bits per heavy atom. The predicted octanol–water partition coefficient (Wildman–Crippen LogP) is 3.20. The van der Waals surface area contributed by atoms with Gasteiger partial charge in [0.25, 0.3) is 5.91 Å². The first-order chi connectivity index (χ1) is 13.9. The molecule has 2 N–H and O–H groups in total. The molecule has 6 nitrogen and oxygen atoms in total. The fourth-order valence-electron chi connectivity index (χ4n) is 3.20. The molecule has 1 fully saturated rings. The third-order valence-electron chi connectivity index (χ3n) is 4.74. The Hall–Kier alpha value is -3.22. The minimum atomic E-state index is -0.631. The van der Waals surface area contributed by atoms with Crippen LogP contribution in [0.2, 0.25) is 0 Å². The highest BCUT2D eigenvalue weighted by molar-refractivity contribution is 6.07. The van der Waals surface area contributed by atoms with Crippen molar-refractivity contribution in [1.82, 2.24) is 5.32 Å². The van der Waals surface area contributed by atoms with Crippen molar-refractivity contribution in [3.8, 4) is 0 Å². The minimum absolute atomic E-state index is 0.0120. The molecule has 0 saturated carbocycles. The number of rotatable bonds is 6. The van der Waals surface area contributed by atoms with E-state index in [1.807, 2.05) is 13.8 Å². The lowest BCUT2D eigenvalue weighted by molar-refractivity contribution is -0.122. The molecule has 0 spiro atoms. The molecule has 0 aliphatic carbocycles. The standard InChI is InChI=1S/C22H24FN3O3/c1-14(2)12-24-22(29)16-7-3-5-9-18(16)25-21(28)15-11-20(27)26(13-15)19-10-6-4-8-17(19)23/h3-10,14-15H,11-13H2,1-2H3,(H,24,29)(H,25,28)/t15-/m1/s1. The van der Waals surface area contributed by atoms with Crippen molar-refractivity contribution < 1.29 is 18.8 Å². The first-order valence-electron chi connectivity index (χ1n) is 9.59.